The number of carbonyl (C=O) groups excluding carboxylic acids is 1. The molecule has 9 heteroatoms. The number of carbonyl (C=O) groups is 1. The number of aromatic nitrogens is 3. The molecule has 0 radical (unpaired) electrons. The Morgan fingerprint density at radius 2 is 1.60 bits per heavy atom. The average Bonchev–Trinajstić information content (AvgIpc) is 3.12. The third-order valence-corrected chi connectivity index (χ3v) is 5.60. The predicted octanol–water partition coefficient (Wildman–Crippen LogP) is 4.26. The van der Waals surface area contributed by atoms with E-state index in [-0.39, 0.29) is 22.7 Å². The van der Waals surface area contributed by atoms with Gasteiger partial charge in [0, 0.05) is 19.5 Å². The van der Waals surface area contributed by atoms with E-state index in [1.807, 2.05) is 36.4 Å². The van der Waals surface area contributed by atoms with E-state index in [2.05, 4.69) is 39.8 Å². The topological polar surface area (TPSA) is 59.8 Å². The van der Waals surface area contributed by atoms with Crippen molar-refractivity contribution < 1.29 is 18.0 Å². The zero-order chi connectivity index (χ0) is 21.6. The number of benzene rings is 2. The van der Waals surface area contributed by atoms with Crippen molar-refractivity contribution in [3.8, 4) is 0 Å². The van der Waals surface area contributed by atoms with Crippen LogP contribution in [-0.2, 0) is 18.0 Å². The highest BCUT2D eigenvalue weighted by molar-refractivity contribution is 7.99. The summed E-state index contributed by atoms with van der Waals surface area (Å²) in [5, 5.41) is 9.56. The van der Waals surface area contributed by atoms with Gasteiger partial charge >= 0.3 is 6.18 Å². The molecule has 1 N–H and O–H groups in total. The number of thioether (sulfide) groups is 1. The number of amides is 1. The van der Waals surface area contributed by atoms with Gasteiger partial charge in [0.25, 0.3) is 0 Å². The van der Waals surface area contributed by atoms with Gasteiger partial charge in [-0.05, 0) is 17.5 Å². The minimum atomic E-state index is -4.58. The third kappa shape index (κ3) is 5.63. The predicted molar refractivity (Wildman–Crippen MR) is 109 cm³/mol. The monoisotopic (exact) mass is 434 g/mol. The second-order valence-electron chi connectivity index (χ2n) is 6.66. The maximum atomic E-state index is 12.8. The molecule has 158 valence electrons. The van der Waals surface area contributed by atoms with Crippen LogP contribution in [0.3, 0.4) is 0 Å². The summed E-state index contributed by atoms with van der Waals surface area (Å²) in [7, 11) is 1.23. The summed E-state index contributed by atoms with van der Waals surface area (Å²) in [4.78, 5) is 12.2. The second-order valence-corrected chi connectivity index (χ2v) is 7.61. The van der Waals surface area contributed by atoms with E-state index in [0.29, 0.717) is 13.0 Å². The van der Waals surface area contributed by atoms with Crippen molar-refractivity contribution in [3.05, 3.63) is 77.6 Å². The van der Waals surface area contributed by atoms with Crippen LogP contribution in [-0.4, -0.2) is 33.0 Å². The number of nitrogens with one attached hydrogen (secondary N) is 1. The van der Waals surface area contributed by atoms with Gasteiger partial charge in [0.15, 0.2) is 5.16 Å². The van der Waals surface area contributed by atoms with Gasteiger partial charge in [-0.15, -0.1) is 10.2 Å². The first-order chi connectivity index (χ1) is 14.4. The van der Waals surface area contributed by atoms with Crippen LogP contribution >= 0.6 is 11.8 Å². The Labute approximate surface area is 176 Å². The molecule has 3 rings (SSSR count). The van der Waals surface area contributed by atoms with Crippen LogP contribution in [0, 0.1) is 0 Å². The van der Waals surface area contributed by atoms with Crippen molar-refractivity contribution in [2.24, 2.45) is 7.05 Å². The molecule has 2 aromatic carbocycles. The SMILES string of the molecule is Cn1c(SCC(=O)NCCC(c2ccccc2)c2ccccc2)nnc1C(F)(F)F. The molecule has 0 aliphatic carbocycles. The first-order valence-electron chi connectivity index (χ1n) is 9.32. The standard InChI is InChI=1S/C21H21F3N4OS/c1-28-19(21(22,23)24)26-27-20(28)30-14-18(29)25-13-12-17(15-8-4-2-5-9-15)16-10-6-3-7-11-16/h2-11,17H,12-14H2,1H3,(H,25,29). The van der Waals surface area contributed by atoms with Crippen LogP contribution in [0.25, 0.3) is 0 Å². The summed E-state index contributed by atoms with van der Waals surface area (Å²) >= 11 is 0.921. The van der Waals surface area contributed by atoms with E-state index < -0.39 is 12.0 Å². The lowest BCUT2D eigenvalue weighted by atomic mass is 9.88. The number of hydrogen-bond acceptors (Lipinski definition) is 4. The molecule has 0 saturated heterocycles. The van der Waals surface area contributed by atoms with Gasteiger partial charge in [-0.3, -0.25) is 4.79 Å². The highest BCUT2D eigenvalue weighted by Gasteiger charge is 2.37. The fourth-order valence-corrected chi connectivity index (χ4v) is 3.86. The smallest absolute Gasteiger partial charge is 0.355 e. The first-order valence-corrected chi connectivity index (χ1v) is 10.3. The zero-order valence-electron chi connectivity index (χ0n) is 16.3. The van der Waals surface area contributed by atoms with Crippen LogP contribution in [0.4, 0.5) is 13.2 Å². The van der Waals surface area contributed by atoms with Crippen LogP contribution in [0.5, 0.6) is 0 Å². The quantitative estimate of drug-likeness (QED) is 0.538. The largest absolute Gasteiger partial charge is 0.451 e. The maximum Gasteiger partial charge on any atom is 0.451 e. The molecule has 0 aliphatic rings. The van der Waals surface area contributed by atoms with E-state index >= 15 is 0 Å². The molecule has 0 atom stereocenters. The number of halogens is 3. The minimum absolute atomic E-state index is 0.0365. The normalized spacial score (nSPS) is 11.6. The molecule has 5 nitrogen and oxygen atoms in total. The summed E-state index contributed by atoms with van der Waals surface area (Å²) in [6, 6.07) is 20.1. The van der Waals surface area contributed by atoms with Crippen molar-refractivity contribution in [1.29, 1.82) is 0 Å². The molecule has 0 unspecified atom stereocenters. The van der Waals surface area contributed by atoms with Gasteiger partial charge in [-0.1, -0.05) is 72.4 Å². The Morgan fingerprint density at radius 1 is 1.03 bits per heavy atom. The summed E-state index contributed by atoms with van der Waals surface area (Å²) in [5.41, 5.74) is 2.32. The molecule has 1 heterocycles. The summed E-state index contributed by atoms with van der Waals surface area (Å²) in [6.45, 7) is 0.445. The molecule has 1 amide bonds. The van der Waals surface area contributed by atoms with Gasteiger partial charge in [0.2, 0.25) is 11.7 Å². The lowest BCUT2D eigenvalue weighted by molar-refractivity contribution is -0.147. The molecule has 0 spiro atoms. The molecule has 1 aromatic heterocycles. The number of rotatable bonds is 8. The Kier molecular flexibility index (Phi) is 7.15. The second kappa shape index (κ2) is 9.80. The fourth-order valence-electron chi connectivity index (χ4n) is 3.12. The van der Waals surface area contributed by atoms with E-state index in [9.17, 15) is 18.0 Å². The Bertz CT molecular complexity index is 922. The molecule has 0 aliphatic heterocycles. The zero-order valence-corrected chi connectivity index (χ0v) is 17.1. The highest BCUT2D eigenvalue weighted by atomic mass is 32.2. The Balaban J connectivity index is 1.54. The van der Waals surface area contributed by atoms with Crippen molar-refractivity contribution in [3.63, 3.8) is 0 Å². The number of nitrogens with zero attached hydrogens (tertiary/aromatic N) is 3. The van der Waals surface area contributed by atoms with Gasteiger partial charge in [-0.25, -0.2) is 0 Å². The van der Waals surface area contributed by atoms with Crippen molar-refractivity contribution >= 4 is 17.7 Å². The van der Waals surface area contributed by atoms with Crippen LogP contribution in [0.2, 0.25) is 0 Å². The lowest BCUT2D eigenvalue weighted by Crippen LogP contribution is -2.27. The Hall–Kier alpha value is -2.81. The Morgan fingerprint density at radius 3 is 2.10 bits per heavy atom. The third-order valence-electron chi connectivity index (χ3n) is 4.58. The van der Waals surface area contributed by atoms with Crippen molar-refractivity contribution in [2.75, 3.05) is 12.3 Å². The van der Waals surface area contributed by atoms with E-state index in [1.165, 1.54) is 7.05 Å². The molecular formula is C21H21F3N4OS. The average molecular weight is 434 g/mol. The van der Waals surface area contributed by atoms with Gasteiger partial charge in [-0.2, -0.15) is 13.2 Å². The van der Waals surface area contributed by atoms with Crippen molar-refractivity contribution in [1.82, 2.24) is 20.1 Å². The van der Waals surface area contributed by atoms with Gasteiger partial charge in [0.1, 0.15) is 0 Å². The van der Waals surface area contributed by atoms with Crippen molar-refractivity contribution in [2.45, 2.75) is 23.7 Å². The molecular weight excluding hydrogens is 413 g/mol. The summed E-state index contributed by atoms with van der Waals surface area (Å²) in [6.07, 6.45) is -3.88. The van der Waals surface area contributed by atoms with Crippen LogP contribution in [0.15, 0.2) is 65.8 Å². The molecule has 30 heavy (non-hydrogen) atoms. The minimum Gasteiger partial charge on any atom is -0.355 e. The summed E-state index contributed by atoms with van der Waals surface area (Å²) < 4.78 is 39.2. The van der Waals surface area contributed by atoms with E-state index in [4.69, 9.17) is 0 Å². The first kappa shape index (κ1) is 21.9. The molecule has 3 aromatic rings. The fraction of sp³-hybridized carbons (Fsp3) is 0.286. The highest BCUT2D eigenvalue weighted by Crippen LogP contribution is 2.30. The van der Waals surface area contributed by atoms with Gasteiger partial charge < -0.3 is 9.88 Å². The van der Waals surface area contributed by atoms with E-state index in [1.54, 1.807) is 0 Å². The molecule has 0 saturated carbocycles. The summed E-state index contributed by atoms with van der Waals surface area (Å²) in [5.74, 6) is -1.26. The van der Waals surface area contributed by atoms with Gasteiger partial charge in [0.05, 0.1) is 5.75 Å². The van der Waals surface area contributed by atoms with Crippen LogP contribution < -0.4 is 5.32 Å². The van der Waals surface area contributed by atoms with Crippen LogP contribution in [0.1, 0.15) is 29.3 Å². The number of hydrogen-bond donors (Lipinski definition) is 1. The lowest BCUT2D eigenvalue weighted by Gasteiger charge is -2.18. The maximum absolute atomic E-state index is 12.8. The number of alkyl halides is 3. The molecule has 0 bridgehead atoms. The molecule has 0 fully saturated rings. The van der Waals surface area contributed by atoms with E-state index in [0.717, 1.165) is 27.5 Å².